The number of carbonyl (C=O) groups is 2. The number of carbonyl (C=O) groups excluding carboxylic acids is 2. The van der Waals surface area contributed by atoms with Gasteiger partial charge in [0, 0.05) is 17.8 Å². The monoisotopic (exact) mass is 479 g/mol. The summed E-state index contributed by atoms with van der Waals surface area (Å²) in [5.74, 6) is -0.630. The lowest BCUT2D eigenvalue weighted by atomic mass is 10.1. The van der Waals surface area contributed by atoms with Crippen molar-refractivity contribution >= 4 is 45.2 Å². The molecular weight excluding hydrogens is 450 g/mol. The summed E-state index contributed by atoms with van der Waals surface area (Å²) in [7, 11) is -3.93. The number of benzene rings is 2. The molecule has 1 saturated heterocycles. The zero-order valence-corrected chi connectivity index (χ0v) is 20.0. The molecule has 2 amide bonds. The Hall–Kier alpha value is -2.30. The van der Waals surface area contributed by atoms with Crippen molar-refractivity contribution in [3.05, 3.63) is 42.5 Å². The van der Waals surface area contributed by atoms with Crippen molar-refractivity contribution in [3.8, 4) is 0 Å². The predicted octanol–water partition coefficient (Wildman–Crippen LogP) is 2.24. The number of nitrogens with one attached hydrogen (secondary N) is 3. The van der Waals surface area contributed by atoms with Gasteiger partial charge in [-0.3, -0.25) is 4.79 Å². The number of thiol groups is 1. The van der Waals surface area contributed by atoms with Gasteiger partial charge in [0.2, 0.25) is 15.7 Å². The minimum absolute atomic E-state index is 0.0221. The molecule has 174 valence electrons. The summed E-state index contributed by atoms with van der Waals surface area (Å²) in [4.78, 5) is 24.5. The molecule has 2 aromatic rings. The molecule has 1 fully saturated rings. The van der Waals surface area contributed by atoms with Gasteiger partial charge in [-0.25, -0.2) is 13.2 Å². The van der Waals surface area contributed by atoms with Crippen LogP contribution in [0.4, 0.5) is 4.79 Å². The maximum absolute atomic E-state index is 13.5. The van der Waals surface area contributed by atoms with Crippen molar-refractivity contribution in [2.24, 2.45) is 0 Å². The first-order chi connectivity index (χ1) is 15.0. The van der Waals surface area contributed by atoms with E-state index in [0.29, 0.717) is 13.0 Å². The lowest BCUT2D eigenvalue weighted by Gasteiger charge is -2.25. The predicted molar refractivity (Wildman–Crippen MR) is 126 cm³/mol. The molecule has 0 saturated carbocycles. The average molecular weight is 480 g/mol. The SMILES string of the molecule is CC(C)(C)OC(=O)NCC(=O)NC([C@@H]1C[C@@H](S)CN1)S(=O)(=O)c1ccc2ccccc2c1. The van der Waals surface area contributed by atoms with Crippen LogP contribution < -0.4 is 16.0 Å². The molecule has 32 heavy (non-hydrogen) atoms. The number of rotatable bonds is 6. The Morgan fingerprint density at radius 3 is 2.50 bits per heavy atom. The van der Waals surface area contributed by atoms with Crippen molar-refractivity contribution in [1.29, 1.82) is 0 Å². The first-order valence-corrected chi connectivity index (χ1v) is 12.4. The Bertz CT molecular complexity index is 1100. The summed E-state index contributed by atoms with van der Waals surface area (Å²) < 4.78 is 32.2. The molecule has 2 aromatic carbocycles. The molecule has 3 N–H and O–H groups in total. The van der Waals surface area contributed by atoms with Crippen molar-refractivity contribution in [2.75, 3.05) is 13.1 Å². The van der Waals surface area contributed by atoms with Gasteiger partial charge in [0.15, 0.2) is 5.37 Å². The molecule has 1 heterocycles. The second kappa shape index (κ2) is 9.68. The van der Waals surface area contributed by atoms with Crippen molar-refractivity contribution < 1.29 is 22.7 Å². The summed E-state index contributed by atoms with van der Waals surface area (Å²) >= 11 is 4.43. The van der Waals surface area contributed by atoms with Crippen LogP contribution in [0.25, 0.3) is 10.8 Å². The molecule has 1 aliphatic rings. The quantitative estimate of drug-likeness (QED) is 0.473. The number of fused-ring (bicyclic) bond motifs is 1. The minimum Gasteiger partial charge on any atom is -0.444 e. The van der Waals surface area contributed by atoms with Crippen molar-refractivity contribution in [2.45, 2.75) is 54.4 Å². The smallest absolute Gasteiger partial charge is 0.408 e. The molecule has 8 nitrogen and oxygen atoms in total. The van der Waals surface area contributed by atoms with Crippen LogP contribution in [0.2, 0.25) is 0 Å². The molecule has 0 aromatic heterocycles. The highest BCUT2D eigenvalue weighted by atomic mass is 32.2. The van der Waals surface area contributed by atoms with E-state index in [9.17, 15) is 18.0 Å². The van der Waals surface area contributed by atoms with Crippen LogP contribution in [-0.4, -0.2) is 55.8 Å². The summed E-state index contributed by atoms with van der Waals surface area (Å²) in [5.41, 5.74) is -0.710. The van der Waals surface area contributed by atoms with E-state index in [1.54, 1.807) is 39.0 Å². The molecule has 1 unspecified atom stereocenters. The third kappa shape index (κ3) is 6.14. The molecular formula is C22H29N3O5S2. The number of hydrogen-bond acceptors (Lipinski definition) is 7. The zero-order chi connectivity index (χ0) is 23.5. The summed E-state index contributed by atoms with van der Waals surface area (Å²) in [5, 5.41) is 8.56. The molecule has 3 atom stereocenters. The fourth-order valence-electron chi connectivity index (χ4n) is 3.54. The first-order valence-electron chi connectivity index (χ1n) is 10.4. The van der Waals surface area contributed by atoms with Crippen LogP contribution in [0.5, 0.6) is 0 Å². The third-order valence-electron chi connectivity index (χ3n) is 4.99. The van der Waals surface area contributed by atoms with Gasteiger partial charge in [0.05, 0.1) is 4.90 Å². The van der Waals surface area contributed by atoms with Crippen molar-refractivity contribution in [1.82, 2.24) is 16.0 Å². The summed E-state index contributed by atoms with van der Waals surface area (Å²) in [6.07, 6.45) is -0.281. The van der Waals surface area contributed by atoms with Crippen LogP contribution >= 0.6 is 12.6 Å². The van der Waals surface area contributed by atoms with Gasteiger partial charge in [-0.05, 0) is 50.1 Å². The van der Waals surface area contributed by atoms with E-state index in [1.807, 2.05) is 24.3 Å². The van der Waals surface area contributed by atoms with E-state index in [-0.39, 0.29) is 10.1 Å². The van der Waals surface area contributed by atoms with Crippen LogP contribution in [-0.2, 0) is 19.4 Å². The lowest BCUT2D eigenvalue weighted by Crippen LogP contribution is -2.54. The van der Waals surface area contributed by atoms with Crippen LogP contribution in [0.15, 0.2) is 47.4 Å². The Labute approximate surface area is 193 Å². The summed E-state index contributed by atoms with van der Waals surface area (Å²) in [6.45, 7) is 5.24. The highest BCUT2D eigenvalue weighted by Gasteiger charge is 2.39. The topological polar surface area (TPSA) is 114 Å². The first kappa shape index (κ1) is 24.3. The maximum Gasteiger partial charge on any atom is 0.408 e. The zero-order valence-electron chi connectivity index (χ0n) is 18.3. The largest absolute Gasteiger partial charge is 0.444 e. The molecule has 10 heteroatoms. The Morgan fingerprint density at radius 1 is 1.19 bits per heavy atom. The number of alkyl carbamates (subject to hydrolysis) is 1. The highest BCUT2D eigenvalue weighted by molar-refractivity contribution is 7.92. The van der Waals surface area contributed by atoms with Gasteiger partial charge in [-0.15, -0.1) is 0 Å². The second-order valence-corrected chi connectivity index (χ2v) is 11.6. The molecule has 0 bridgehead atoms. The Kier molecular flexibility index (Phi) is 7.36. The van der Waals surface area contributed by atoms with Gasteiger partial charge < -0.3 is 20.7 Å². The van der Waals surface area contributed by atoms with Gasteiger partial charge in [-0.2, -0.15) is 12.6 Å². The third-order valence-corrected chi connectivity index (χ3v) is 7.41. The highest BCUT2D eigenvalue weighted by Crippen LogP contribution is 2.26. The van der Waals surface area contributed by atoms with E-state index in [4.69, 9.17) is 4.74 Å². The minimum atomic E-state index is -3.93. The van der Waals surface area contributed by atoms with E-state index in [2.05, 4.69) is 28.6 Å². The number of amides is 2. The number of ether oxygens (including phenoxy) is 1. The molecule has 0 radical (unpaired) electrons. The van der Waals surface area contributed by atoms with Gasteiger partial charge in [-0.1, -0.05) is 30.3 Å². The molecule has 3 rings (SSSR count). The maximum atomic E-state index is 13.5. The van der Waals surface area contributed by atoms with Gasteiger partial charge in [0.25, 0.3) is 0 Å². The standard InChI is InChI=1S/C22H29N3O5S2/c1-22(2,3)30-21(27)24-13-19(26)25-20(18-11-16(31)12-23-18)32(28,29)17-9-8-14-6-4-5-7-15(14)10-17/h4-10,16,18,20,23,31H,11-13H2,1-3H3,(H,24,27)(H,25,26)/t16-,18+,20?/m1/s1. The average Bonchev–Trinajstić information content (AvgIpc) is 3.14. The summed E-state index contributed by atoms with van der Waals surface area (Å²) in [6, 6.07) is 11.8. The Balaban J connectivity index is 1.80. The van der Waals surface area contributed by atoms with E-state index in [1.165, 1.54) is 0 Å². The van der Waals surface area contributed by atoms with E-state index >= 15 is 0 Å². The van der Waals surface area contributed by atoms with Crippen LogP contribution in [0.3, 0.4) is 0 Å². The lowest BCUT2D eigenvalue weighted by molar-refractivity contribution is -0.120. The van der Waals surface area contributed by atoms with Crippen molar-refractivity contribution in [3.63, 3.8) is 0 Å². The van der Waals surface area contributed by atoms with Crippen LogP contribution in [0.1, 0.15) is 27.2 Å². The normalized spacial score (nSPS) is 20.0. The van der Waals surface area contributed by atoms with E-state index in [0.717, 1.165) is 10.8 Å². The fourth-order valence-corrected chi connectivity index (χ4v) is 5.64. The molecule has 0 spiro atoms. The molecule has 1 aliphatic heterocycles. The Morgan fingerprint density at radius 2 is 1.88 bits per heavy atom. The molecule has 0 aliphatic carbocycles. The van der Waals surface area contributed by atoms with Gasteiger partial charge in [0.1, 0.15) is 12.1 Å². The van der Waals surface area contributed by atoms with E-state index < -0.39 is 45.4 Å². The number of hydrogen-bond donors (Lipinski definition) is 4. The second-order valence-electron chi connectivity index (χ2n) is 8.80. The number of sulfone groups is 1. The fraction of sp³-hybridized carbons (Fsp3) is 0.455. The van der Waals surface area contributed by atoms with Gasteiger partial charge >= 0.3 is 6.09 Å². The van der Waals surface area contributed by atoms with Crippen LogP contribution in [0, 0.1) is 0 Å².